The maximum atomic E-state index is 12.9. The minimum absolute atomic E-state index is 0.0378. The fourth-order valence-electron chi connectivity index (χ4n) is 6.64. The summed E-state index contributed by atoms with van der Waals surface area (Å²) in [5, 5.41) is 7.69. The number of nitrogens with zero attached hydrogens (tertiary/aromatic N) is 4. The fourth-order valence-corrected chi connectivity index (χ4v) is 6.97. The van der Waals surface area contributed by atoms with Crippen molar-refractivity contribution in [2.75, 3.05) is 0 Å². The highest BCUT2D eigenvalue weighted by Gasteiger charge is 2.21. The number of hydrogen-bond acceptors (Lipinski definition) is 3. The Kier molecular flexibility index (Phi) is 5.16. The van der Waals surface area contributed by atoms with Crippen molar-refractivity contribution in [2.45, 2.75) is 6.54 Å². The second-order valence-electron chi connectivity index (χ2n) is 10.9. The molecule has 0 N–H and O–H groups in total. The highest BCUT2D eigenvalue weighted by molar-refractivity contribution is 6.31. The van der Waals surface area contributed by atoms with Crippen LogP contribution in [0.1, 0.15) is 5.56 Å². The van der Waals surface area contributed by atoms with E-state index in [4.69, 9.17) is 28.2 Å². The van der Waals surface area contributed by atoms with E-state index in [9.17, 15) is 4.79 Å². The van der Waals surface area contributed by atoms with Crippen molar-refractivity contribution in [3.05, 3.63) is 135 Å². The first-order chi connectivity index (χ1) is 21.0. The van der Waals surface area contributed by atoms with Crippen LogP contribution < -0.4 is 5.56 Å². The topological polar surface area (TPSA) is 52.2 Å². The zero-order valence-corrected chi connectivity index (χ0v) is 24.1. The predicted octanol–water partition coefficient (Wildman–Crippen LogP) is 9.12. The molecule has 10 rings (SSSR count). The Labute approximate surface area is 254 Å². The third-order valence-electron chi connectivity index (χ3n) is 8.47. The second-order valence-corrected chi connectivity index (χ2v) is 11.8. The van der Waals surface area contributed by atoms with E-state index in [1.807, 2.05) is 54.6 Å². The van der Waals surface area contributed by atoms with Gasteiger partial charge in [0.2, 0.25) is 0 Å². The van der Waals surface area contributed by atoms with Crippen LogP contribution >= 0.6 is 23.2 Å². The van der Waals surface area contributed by atoms with Gasteiger partial charge in [-0.15, -0.1) is 0 Å². The van der Waals surface area contributed by atoms with E-state index in [1.54, 1.807) is 16.5 Å². The van der Waals surface area contributed by atoms with Gasteiger partial charge in [0.15, 0.2) is 0 Å². The Hall–Kier alpha value is -4.97. The molecule has 3 aromatic heterocycles. The zero-order chi connectivity index (χ0) is 28.8. The van der Waals surface area contributed by atoms with Crippen molar-refractivity contribution in [3.8, 4) is 11.4 Å². The average molecular weight is 595 g/mol. The van der Waals surface area contributed by atoms with Crippen molar-refractivity contribution in [1.82, 2.24) is 18.9 Å². The minimum Gasteiger partial charge on any atom is -0.319 e. The number of pyridine rings is 1. The summed E-state index contributed by atoms with van der Waals surface area (Å²) in [6, 6.07) is 36.1. The molecule has 0 unspecified atom stereocenters. The van der Waals surface area contributed by atoms with Gasteiger partial charge < -0.3 is 4.57 Å². The van der Waals surface area contributed by atoms with E-state index in [0.29, 0.717) is 10.7 Å². The van der Waals surface area contributed by atoms with Crippen LogP contribution in [0.15, 0.2) is 114 Å². The lowest BCUT2D eigenvalue weighted by atomic mass is 9.96. The lowest BCUT2D eigenvalue weighted by molar-refractivity contribution is 0.831. The smallest absolute Gasteiger partial charge is 0.264 e. The average Bonchev–Trinajstić information content (AvgIpc) is 3.58. The Morgan fingerprint density at radius 2 is 1.26 bits per heavy atom. The summed E-state index contributed by atoms with van der Waals surface area (Å²) in [6.07, 6.45) is 0. The van der Waals surface area contributed by atoms with E-state index >= 15 is 0 Å². The maximum absolute atomic E-state index is 12.9. The first-order valence-corrected chi connectivity index (χ1v) is 14.7. The van der Waals surface area contributed by atoms with Gasteiger partial charge in [0.05, 0.1) is 28.6 Å². The Morgan fingerprint density at radius 3 is 2.02 bits per heavy atom. The SMILES string of the molecule is Clc1ccc2c(c1)nc1n2Cc2cccc3cccc-1c23.O=c1c2cccc3cccc(c32)c2nc3cc(Cl)ccc3n12. The summed E-state index contributed by atoms with van der Waals surface area (Å²) in [4.78, 5) is 22.4. The van der Waals surface area contributed by atoms with Crippen molar-refractivity contribution < 1.29 is 0 Å². The predicted molar refractivity (Wildman–Crippen MR) is 177 cm³/mol. The van der Waals surface area contributed by atoms with Crippen LogP contribution in [0.25, 0.3) is 71.4 Å². The van der Waals surface area contributed by atoms with Crippen LogP contribution in [0.2, 0.25) is 10.0 Å². The number of benzene rings is 6. The van der Waals surface area contributed by atoms with Gasteiger partial charge in [0.25, 0.3) is 5.56 Å². The molecule has 1 aliphatic rings. The van der Waals surface area contributed by atoms with Gasteiger partial charge in [-0.3, -0.25) is 9.20 Å². The quantitative estimate of drug-likeness (QED) is 0.176. The van der Waals surface area contributed by atoms with E-state index in [1.165, 1.54) is 21.9 Å². The summed E-state index contributed by atoms with van der Waals surface area (Å²) in [6.45, 7) is 0.863. The molecule has 1 aliphatic heterocycles. The standard InChI is InChI=1S/C18H9ClN2O.C18H11ClN2/c19-11-7-8-15-14(9-11)20-17-12-5-1-3-10-4-2-6-13(16(10)12)18(22)21(15)17;19-13-7-8-16-15(9-13)20-18-14-6-2-4-11-3-1-5-12(17(11)14)10-21(16)18/h1-9H;1-9H,10H2. The Balaban J connectivity index is 0.000000121. The number of rotatable bonds is 0. The van der Waals surface area contributed by atoms with Crippen molar-refractivity contribution in [2.24, 2.45) is 0 Å². The molecular weight excluding hydrogens is 575 g/mol. The van der Waals surface area contributed by atoms with Gasteiger partial charge in [0.1, 0.15) is 11.5 Å². The molecule has 0 atom stereocenters. The summed E-state index contributed by atoms with van der Waals surface area (Å²) in [5.74, 6) is 1.04. The van der Waals surface area contributed by atoms with Crippen molar-refractivity contribution >= 4 is 83.2 Å². The van der Waals surface area contributed by atoms with Crippen molar-refractivity contribution in [1.29, 1.82) is 0 Å². The number of fused-ring (bicyclic) bond motifs is 8. The van der Waals surface area contributed by atoms with Gasteiger partial charge in [-0.25, -0.2) is 9.97 Å². The molecule has 0 fully saturated rings. The van der Waals surface area contributed by atoms with Gasteiger partial charge in [-0.1, -0.05) is 89.9 Å². The summed E-state index contributed by atoms with van der Waals surface area (Å²) < 4.78 is 3.96. The molecule has 0 spiro atoms. The maximum Gasteiger partial charge on any atom is 0.264 e. The molecular formula is C36H20Cl2N4O. The summed E-state index contributed by atoms with van der Waals surface area (Å²) in [7, 11) is 0. The molecule has 4 heterocycles. The molecule has 9 aromatic rings. The lowest BCUT2D eigenvalue weighted by Gasteiger charge is -2.19. The molecule has 7 heteroatoms. The molecule has 6 aromatic carbocycles. The van der Waals surface area contributed by atoms with Crippen molar-refractivity contribution in [3.63, 3.8) is 0 Å². The molecule has 0 amide bonds. The normalized spacial score (nSPS) is 12.4. The summed E-state index contributed by atoms with van der Waals surface area (Å²) >= 11 is 12.2. The molecule has 204 valence electrons. The first-order valence-electron chi connectivity index (χ1n) is 14.0. The third kappa shape index (κ3) is 3.56. The van der Waals surface area contributed by atoms with Crippen LogP contribution in [-0.2, 0) is 6.54 Å². The van der Waals surface area contributed by atoms with Gasteiger partial charge >= 0.3 is 0 Å². The third-order valence-corrected chi connectivity index (χ3v) is 8.94. The Bertz CT molecular complexity index is 2640. The monoisotopic (exact) mass is 594 g/mol. The molecule has 0 saturated carbocycles. The number of hydrogen-bond donors (Lipinski definition) is 0. The Morgan fingerprint density at radius 1 is 0.628 bits per heavy atom. The minimum atomic E-state index is -0.0378. The molecule has 0 aliphatic carbocycles. The molecule has 5 nitrogen and oxygen atoms in total. The fraction of sp³-hybridized carbons (Fsp3) is 0.0278. The zero-order valence-electron chi connectivity index (χ0n) is 22.6. The first kappa shape index (κ1) is 24.6. The highest BCUT2D eigenvalue weighted by atomic mass is 35.5. The van der Waals surface area contributed by atoms with Gasteiger partial charge in [-0.2, -0.15) is 0 Å². The van der Waals surface area contributed by atoms with Crippen LogP contribution in [0, 0.1) is 0 Å². The molecule has 0 radical (unpaired) electrons. The molecule has 0 saturated heterocycles. The van der Waals surface area contributed by atoms with E-state index < -0.39 is 0 Å². The van der Waals surface area contributed by atoms with Crippen LogP contribution in [0.4, 0.5) is 0 Å². The van der Waals surface area contributed by atoms with E-state index in [-0.39, 0.29) is 5.56 Å². The van der Waals surface area contributed by atoms with E-state index in [2.05, 4.69) is 52.0 Å². The number of halogens is 2. The largest absolute Gasteiger partial charge is 0.319 e. The van der Waals surface area contributed by atoms with E-state index in [0.717, 1.165) is 61.0 Å². The molecule has 43 heavy (non-hydrogen) atoms. The van der Waals surface area contributed by atoms with Gasteiger partial charge in [0, 0.05) is 31.8 Å². The number of imidazole rings is 2. The number of aromatic nitrogens is 4. The van der Waals surface area contributed by atoms with Gasteiger partial charge in [-0.05, 0) is 64.2 Å². The van der Waals surface area contributed by atoms with Crippen LogP contribution in [-0.4, -0.2) is 18.9 Å². The summed E-state index contributed by atoms with van der Waals surface area (Å²) in [5.41, 5.74) is 6.84. The molecule has 0 bridgehead atoms. The highest BCUT2D eigenvalue weighted by Crippen LogP contribution is 2.38. The second kappa shape index (κ2) is 9.01. The van der Waals surface area contributed by atoms with Crippen LogP contribution in [0.3, 0.4) is 0 Å². The lowest BCUT2D eigenvalue weighted by Crippen LogP contribution is -2.13. The van der Waals surface area contributed by atoms with Crippen LogP contribution in [0.5, 0.6) is 0 Å².